The fourth-order valence-electron chi connectivity index (χ4n) is 2.91. The Balaban J connectivity index is 2.04. The second-order valence-electron chi connectivity index (χ2n) is 5.54. The average Bonchev–Trinajstić information content (AvgIpc) is 2.47. The zero-order valence-electron chi connectivity index (χ0n) is 12.7. The third kappa shape index (κ3) is 4.25. The maximum Gasteiger partial charge on any atom is 0.238 e. The SMILES string of the molecule is CCNC(=O)C1CNCCN1C(C)Cc1cccc(F)c1. The molecule has 1 fully saturated rings. The van der Waals surface area contributed by atoms with Crippen LogP contribution in [0.4, 0.5) is 4.39 Å². The van der Waals surface area contributed by atoms with Gasteiger partial charge in [-0.2, -0.15) is 0 Å². The molecule has 1 aromatic carbocycles. The minimum absolute atomic E-state index is 0.0655. The molecule has 2 unspecified atom stereocenters. The number of benzene rings is 1. The quantitative estimate of drug-likeness (QED) is 0.856. The molecular weight excluding hydrogens is 269 g/mol. The molecule has 5 heteroatoms. The Morgan fingerprint density at radius 1 is 1.57 bits per heavy atom. The molecule has 0 aromatic heterocycles. The number of amides is 1. The minimum Gasteiger partial charge on any atom is -0.355 e. The van der Waals surface area contributed by atoms with E-state index >= 15 is 0 Å². The number of hydrogen-bond acceptors (Lipinski definition) is 3. The lowest BCUT2D eigenvalue weighted by molar-refractivity contribution is -0.127. The summed E-state index contributed by atoms with van der Waals surface area (Å²) in [4.78, 5) is 14.4. The van der Waals surface area contributed by atoms with E-state index in [-0.39, 0.29) is 23.8 Å². The first-order chi connectivity index (χ1) is 10.1. The molecule has 1 heterocycles. The largest absolute Gasteiger partial charge is 0.355 e. The van der Waals surface area contributed by atoms with Gasteiger partial charge in [0.25, 0.3) is 0 Å². The summed E-state index contributed by atoms with van der Waals surface area (Å²) in [7, 11) is 0. The van der Waals surface area contributed by atoms with Gasteiger partial charge in [0.15, 0.2) is 0 Å². The second-order valence-corrected chi connectivity index (χ2v) is 5.54. The summed E-state index contributed by atoms with van der Waals surface area (Å²) in [5.74, 6) is -0.143. The van der Waals surface area contributed by atoms with Crippen molar-refractivity contribution in [1.82, 2.24) is 15.5 Å². The van der Waals surface area contributed by atoms with Crippen molar-refractivity contribution in [3.63, 3.8) is 0 Å². The van der Waals surface area contributed by atoms with Crippen LogP contribution >= 0.6 is 0 Å². The van der Waals surface area contributed by atoms with Crippen molar-refractivity contribution in [2.45, 2.75) is 32.4 Å². The number of hydrogen-bond donors (Lipinski definition) is 2. The van der Waals surface area contributed by atoms with Crippen LogP contribution in [-0.2, 0) is 11.2 Å². The normalized spacial score (nSPS) is 21.0. The summed E-state index contributed by atoms with van der Waals surface area (Å²) in [6.07, 6.45) is 0.744. The van der Waals surface area contributed by atoms with Crippen LogP contribution in [0.25, 0.3) is 0 Å². The molecule has 4 nitrogen and oxygen atoms in total. The Labute approximate surface area is 125 Å². The third-order valence-corrected chi connectivity index (χ3v) is 3.92. The van der Waals surface area contributed by atoms with Crippen molar-refractivity contribution in [1.29, 1.82) is 0 Å². The van der Waals surface area contributed by atoms with Gasteiger partial charge in [0.05, 0.1) is 0 Å². The molecule has 21 heavy (non-hydrogen) atoms. The standard InChI is InChI=1S/C16H24FN3O/c1-3-19-16(21)15-11-18-7-8-20(15)12(2)9-13-5-4-6-14(17)10-13/h4-6,10,12,15,18H,3,7-9,11H2,1-2H3,(H,19,21). The summed E-state index contributed by atoms with van der Waals surface area (Å²) in [6.45, 7) is 7.04. The predicted molar refractivity (Wildman–Crippen MR) is 81.6 cm³/mol. The second kappa shape index (κ2) is 7.52. The Hall–Kier alpha value is -1.46. The maximum atomic E-state index is 13.3. The van der Waals surface area contributed by atoms with Gasteiger partial charge in [-0.05, 0) is 38.0 Å². The summed E-state index contributed by atoms with van der Waals surface area (Å²) in [6, 6.07) is 6.74. The van der Waals surface area contributed by atoms with E-state index in [1.54, 1.807) is 12.1 Å². The molecule has 1 saturated heterocycles. The van der Waals surface area contributed by atoms with Crippen LogP contribution in [0.5, 0.6) is 0 Å². The van der Waals surface area contributed by atoms with Gasteiger partial charge in [-0.3, -0.25) is 9.69 Å². The molecule has 2 N–H and O–H groups in total. The molecule has 1 amide bonds. The van der Waals surface area contributed by atoms with Crippen LogP contribution in [0.2, 0.25) is 0 Å². The van der Waals surface area contributed by atoms with Crippen LogP contribution in [0, 0.1) is 5.82 Å². The summed E-state index contributed by atoms with van der Waals surface area (Å²) < 4.78 is 13.3. The average molecular weight is 293 g/mol. The van der Waals surface area contributed by atoms with Crippen LogP contribution in [0.15, 0.2) is 24.3 Å². The van der Waals surface area contributed by atoms with E-state index in [2.05, 4.69) is 22.5 Å². The highest BCUT2D eigenvalue weighted by molar-refractivity contribution is 5.82. The third-order valence-electron chi connectivity index (χ3n) is 3.92. The molecule has 0 bridgehead atoms. The molecule has 0 saturated carbocycles. The number of carbonyl (C=O) groups is 1. The molecule has 1 aromatic rings. The van der Waals surface area contributed by atoms with Crippen LogP contribution in [0.1, 0.15) is 19.4 Å². The van der Waals surface area contributed by atoms with Crippen molar-refractivity contribution in [3.05, 3.63) is 35.6 Å². The lowest BCUT2D eigenvalue weighted by atomic mass is 10.0. The van der Waals surface area contributed by atoms with Crippen molar-refractivity contribution in [3.8, 4) is 0 Å². The number of carbonyl (C=O) groups excluding carboxylic acids is 1. The van der Waals surface area contributed by atoms with Crippen LogP contribution < -0.4 is 10.6 Å². The Bertz CT molecular complexity index is 480. The van der Waals surface area contributed by atoms with Crippen molar-refractivity contribution in [2.75, 3.05) is 26.2 Å². The van der Waals surface area contributed by atoms with E-state index in [1.807, 2.05) is 13.0 Å². The Morgan fingerprint density at radius 2 is 2.38 bits per heavy atom. The molecule has 2 rings (SSSR count). The molecule has 116 valence electrons. The smallest absolute Gasteiger partial charge is 0.238 e. The van der Waals surface area contributed by atoms with Gasteiger partial charge in [-0.25, -0.2) is 4.39 Å². The minimum atomic E-state index is -0.208. The number of rotatable bonds is 5. The van der Waals surface area contributed by atoms with Gasteiger partial charge in [-0.1, -0.05) is 12.1 Å². The van der Waals surface area contributed by atoms with Gasteiger partial charge in [0.1, 0.15) is 11.9 Å². The number of halogens is 1. The Kier molecular flexibility index (Phi) is 5.70. The lowest BCUT2D eigenvalue weighted by Gasteiger charge is -2.39. The van der Waals surface area contributed by atoms with E-state index in [1.165, 1.54) is 6.07 Å². The maximum absolute atomic E-state index is 13.3. The van der Waals surface area contributed by atoms with Gasteiger partial charge >= 0.3 is 0 Å². The lowest BCUT2D eigenvalue weighted by Crippen LogP contribution is -2.60. The predicted octanol–water partition coefficient (Wildman–Crippen LogP) is 1.17. The summed E-state index contributed by atoms with van der Waals surface area (Å²) in [5, 5.41) is 6.16. The van der Waals surface area contributed by atoms with Gasteiger partial charge in [0.2, 0.25) is 5.91 Å². The Morgan fingerprint density at radius 3 is 3.10 bits per heavy atom. The van der Waals surface area contributed by atoms with Gasteiger partial charge in [-0.15, -0.1) is 0 Å². The first-order valence-corrected chi connectivity index (χ1v) is 7.60. The highest BCUT2D eigenvalue weighted by Crippen LogP contribution is 2.14. The van der Waals surface area contributed by atoms with E-state index < -0.39 is 0 Å². The number of nitrogens with one attached hydrogen (secondary N) is 2. The first kappa shape index (κ1) is 15.9. The molecule has 0 aliphatic carbocycles. The van der Waals surface area contributed by atoms with Gasteiger partial charge < -0.3 is 10.6 Å². The van der Waals surface area contributed by atoms with E-state index in [0.29, 0.717) is 13.1 Å². The number of nitrogens with zero attached hydrogens (tertiary/aromatic N) is 1. The number of piperazine rings is 1. The van der Waals surface area contributed by atoms with Crippen LogP contribution in [0.3, 0.4) is 0 Å². The number of likely N-dealkylation sites (N-methyl/N-ethyl adjacent to an activating group) is 1. The van der Waals surface area contributed by atoms with Crippen LogP contribution in [-0.4, -0.2) is 49.1 Å². The fraction of sp³-hybridized carbons (Fsp3) is 0.562. The monoisotopic (exact) mass is 293 g/mol. The zero-order chi connectivity index (χ0) is 15.2. The molecule has 2 atom stereocenters. The zero-order valence-corrected chi connectivity index (χ0v) is 12.7. The molecule has 1 aliphatic rings. The topological polar surface area (TPSA) is 44.4 Å². The molecular formula is C16H24FN3O. The molecule has 1 aliphatic heterocycles. The highest BCUT2D eigenvalue weighted by atomic mass is 19.1. The summed E-state index contributed by atoms with van der Waals surface area (Å²) >= 11 is 0. The first-order valence-electron chi connectivity index (χ1n) is 7.60. The van der Waals surface area contributed by atoms with Crippen molar-refractivity contribution in [2.24, 2.45) is 0 Å². The summed E-state index contributed by atoms with van der Waals surface area (Å²) in [5.41, 5.74) is 0.968. The highest BCUT2D eigenvalue weighted by Gasteiger charge is 2.31. The van der Waals surface area contributed by atoms with E-state index in [0.717, 1.165) is 25.1 Å². The van der Waals surface area contributed by atoms with E-state index in [4.69, 9.17) is 0 Å². The molecule has 0 radical (unpaired) electrons. The fourth-order valence-corrected chi connectivity index (χ4v) is 2.91. The van der Waals surface area contributed by atoms with Crippen molar-refractivity contribution >= 4 is 5.91 Å². The molecule has 0 spiro atoms. The van der Waals surface area contributed by atoms with Gasteiger partial charge in [0, 0.05) is 32.2 Å². The van der Waals surface area contributed by atoms with E-state index in [9.17, 15) is 9.18 Å². The van der Waals surface area contributed by atoms with Crippen molar-refractivity contribution < 1.29 is 9.18 Å².